The normalized spacial score (nSPS) is 16.4. The minimum atomic E-state index is -3.87. The number of sulfonamides is 1. The van der Waals surface area contributed by atoms with E-state index >= 15 is 0 Å². The van der Waals surface area contributed by atoms with Gasteiger partial charge in [0, 0.05) is 18.3 Å². The molecule has 2 aromatic rings. The van der Waals surface area contributed by atoms with Crippen molar-refractivity contribution in [3.05, 3.63) is 48.0 Å². The van der Waals surface area contributed by atoms with Gasteiger partial charge in [0.25, 0.3) is 0 Å². The molecule has 0 unspecified atom stereocenters. The van der Waals surface area contributed by atoms with Gasteiger partial charge in [-0.1, -0.05) is 18.2 Å². The van der Waals surface area contributed by atoms with Crippen molar-refractivity contribution >= 4 is 21.6 Å². The van der Waals surface area contributed by atoms with Gasteiger partial charge in [-0.3, -0.25) is 4.79 Å². The van der Waals surface area contributed by atoms with E-state index in [-0.39, 0.29) is 17.6 Å². The van der Waals surface area contributed by atoms with E-state index < -0.39 is 16.1 Å². The lowest BCUT2D eigenvalue weighted by molar-refractivity contribution is -0.119. The molecular weight excluding hydrogens is 356 g/mol. The van der Waals surface area contributed by atoms with Crippen molar-refractivity contribution in [1.82, 2.24) is 4.72 Å². The number of amides is 1. The van der Waals surface area contributed by atoms with Crippen LogP contribution in [0, 0.1) is 0 Å². The number of nitrogens with zero attached hydrogens (tertiary/aromatic N) is 1. The van der Waals surface area contributed by atoms with E-state index in [0.29, 0.717) is 18.0 Å². The number of benzene rings is 2. The Hall–Kier alpha value is -2.58. The van der Waals surface area contributed by atoms with E-state index in [1.54, 1.807) is 17.9 Å². The second-order valence-electron chi connectivity index (χ2n) is 6.23. The van der Waals surface area contributed by atoms with Crippen LogP contribution in [0.25, 0.3) is 0 Å². The topological polar surface area (TPSA) is 84.9 Å². The van der Waals surface area contributed by atoms with Crippen LogP contribution in [0.2, 0.25) is 0 Å². The third kappa shape index (κ3) is 2.91. The monoisotopic (exact) mass is 374 g/mol. The van der Waals surface area contributed by atoms with Crippen LogP contribution in [0.4, 0.5) is 5.69 Å². The molecule has 1 atom stereocenters. The number of anilines is 1. The number of carbonyl (C=O) groups excluding carboxylic acids is 1. The molecule has 0 aliphatic carbocycles. The first-order valence-electron chi connectivity index (χ1n) is 8.27. The molecule has 0 bridgehead atoms. The van der Waals surface area contributed by atoms with E-state index in [0.717, 1.165) is 17.7 Å². The van der Waals surface area contributed by atoms with Crippen molar-refractivity contribution in [1.29, 1.82) is 0 Å². The molecule has 1 N–H and O–H groups in total. The molecule has 0 radical (unpaired) electrons. The summed E-state index contributed by atoms with van der Waals surface area (Å²) in [6.45, 7) is 2.16. The zero-order valence-corrected chi connectivity index (χ0v) is 15.0. The first-order chi connectivity index (χ1) is 12.5. The van der Waals surface area contributed by atoms with Crippen LogP contribution in [-0.2, 0) is 21.2 Å². The van der Waals surface area contributed by atoms with Gasteiger partial charge >= 0.3 is 0 Å². The van der Waals surface area contributed by atoms with Gasteiger partial charge in [0.2, 0.25) is 22.7 Å². The predicted molar refractivity (Wildman–Crippen MR) is 94.8 cm³/mol. The lowest BCUT2D eigenvalue weighted by atomic mass is 10.2. The summed E-state index contributed by atoms with van der Waals surface area (Å²) in [5.74, 6) is 0.598. The number of fused-ring (bicyclic) bond motifs is 2. The third-order valence-electron chi connectivity index (χ3n) is 4.51. The molecule has 7 nitrogen and oxygen atoms in total. The Bertz CT molecular complexity index is 973. The summed E-state index contributed by atoms with van der Waals surface area (Å²) in [5, 5.41) is 0. The minimum absolute atomic E-state index is 0.0308. The van der Waals surface area contributed by atoms with Crippen LogP contribution in [0.15, 0.2) is 47.4 Å². The van der Waals surface area contributed by atoms with Crippen molar-refractivity contribution in [3.8, 4) is 11.5 Å². The van der Waals surface area contributed by atoms with Gasteiger partial charge in [0.1, 0.15) is 0 Å². The summed E-state index contributed by atoms with van der Waals surface area (Å²) in [7, 11) is -3.87. The van der Waals surface area contributed by atoms with Gasteiger partial charge in [-0.25, -0.2) is 8.42 Å². The predicted octanol–water partition coefficient (Wildman–Crippen LogP) is 1.67. The smallest absolute Gasteiger partial charge is 0.244 e. The number of rotatable bonds is 4. The maximum Gasteiger partial charge on any atom is 0.244 e. The molecule has 2 aliphatic heterocycles. The first kappa shape index (κ1) is 16.9. The summed E-state index contributed by atoms with van der Waals surface area (Å²) in [4.78, 5) is 14.4. The average molecular weight is 374 g/mol. The highest BCUT2D eigenvalue weighted by Gasteiger charge is 2.31. The molecule has 1 amide bonds. The molecule has 2 heterocycles. The van der Waals surface area contributed by atoms with E-state index in [9.17, 15) is 13.2 Å². The molecule has 0 fully saturated rings. The number of carbonyl (C=O) groups is 1. The second-order valence-corrected chi connectivity index (χ2v) is 7.94. The molecule has 0 saturated heterocycles. The lowest BCUT2D eigenvalue weighted by Gasteiger charge is -2.22. The zero-order valence-electron chi connectivity index (χ0n) is 14.1. The fourth-order valence-electron chi connectivity index (χ4n) is 3.20. The van der Waals surface area contributed by atoms with Crippen molar-refractivity contribution in [2.75, 3.05) is 18.2 Å². The Morgan fingerprint density at radius 2 is 1.92 bits per heavy atom. The summed E-state index contributed by atoms with van der Waals surface area (Å²) >= 11 is 0. The molecule has 0 saturated carbocycles. The van der Waals surface area contributed by atoms with Crippen molar-refractivity contribution < 1.29 is 22.7 Å². The zero-order chi connectivity index (χ0) is 18.3. The van der Waals surface area contributed by atoms with Crippen molar-refractivity contribution in [3.63, 3.8) is 0 Å². The molecule has 2 aromatic carbocycles. The molecule has 2 aliphatic rings. The van der Waals surface area contributed by atoms with Crippen LogP contribution in [0.3, 0.4) is 0 Å². The van der Waals surface area contributed by atoms with E-state index in [4.69, 9.17) is 9.47 Å². The summed E-state index contributed by atoms with van der Waals surface area (Å²) in [6.07, 6.45) is 0.767. The van der Waals surface area contributed by atoms with Gasteiger partial charge in [0.15, 0.2) is 11.5 Å². The quantitative estimate of drug-likeness (QED) is 0.880. The molecular formula is C18H18N2O5S. The van der Waals surface area contributed by atoms with Crippen molar-refractivity contribution in [2.24, 2.45) is 0 Å². The summed E-state index contributed by atoms with van der Waals surface area (Å²) < 4.78 is 38.1. The van der Waals surface area contributed by atoms with Gasteiger partial charge in [-0.2, -0.15) is 4.72 Å². The Kier molecular flexibility index (Phi) is 4.08. The summed E-state index contributed by atoms with van der Waals surface area (Å²) in [6, 6.07) is 11.1. The Morgan fingerprint density at radius 1 is 1.15 bits per heavy atom. The fraction of sp³-hybridized carbons (Fsp3) is 0.278. The number of hydrogen-bond donors (Lipinski definition) is 1. The lowest BCUT2D eigenvalue weighted by Crippen LogP contribution is -2.46. The number of para-hydroxylation sites is 1. The molecule has 8 heteroatoms. The highest BCUT2D eigenvalue weighted by Crippen LogP contribution is 2.34. The third-order valence-corrected chi connectivity index (χ3v) is 6.05. The van der Waals surface area contributed by atoms with E-state index in [1.165, 1.54) is 12.1 Å². The number of hydrogen-bond acceptors (Lipinski definition) is 5. The van der Waals surface area contributed by atoms with Gasteiger partial charge in [0.05, 0.1) is 10.9 Å². The van der Waals surface area contributed by atoms with Crippen LogP contribution in [0.1, 0.15) is 12.5 Å². The average Bonchev–Trinajstić information content (AvgIpc) is 3.26. The second kappa shape index (κ2) is 6.30. The highest BCUT2D eigenvalue weighted by molar-refractivity contribution is 7.89. The van der Waals surface area contributed by atoms with Gasteiger partial charge in [-0.15, -0.1) is 0 Å². The molecule has 0 aromatic heterocycles. The van der Waals surface area contributed by atoms with Crippen molar-refractivity contribution in [2.45, 2.75) is 24.3 Å². The largest absolute Gasteiger partial charge is 0.454 e. The number of nitrogens with one attached hydrogen (secondary N) is 1. The highest BCUT2D eigenvalue weighted by atomic mass is 32.2. The fourth-order valence-corrected chi connectivity index (χ4v) is 4.41. The van der Waals surface area contributed by atoms with Gasteiger partial charge in [-0.05, 0) is 37.1 Å². The molecule has 136 valence electrons. The summed E-state index contributed by atoms with van der Waals surface area (Å²) in [5.41, 5.74) is 1.93. The van der Waals surface area contributed by atoms with Crippen LogP contribution in [-0.4, -0.2) is 33.7 Å². The van der Waals surface area contributed by atoms with Crippen LogP contribution >= 0.6 is 0 Å². The Balaban J connectivity index is 1.52. The van der Waals surface area contributed by atoms with Crippen LogP contribution < -0.4 is 19.1 Å². The minimum Gasteiger partial charge on any atom is -0.454 e. The van der Waals surface area contributed by atoms with Crippen LogP contribution in [0.5, 0.6) is 11.5 Å². The Morgan fingerprint density at radius 3 is 2.77 bits per heavy atom. The Labute approximate surface area is 151 Å². The number of ether oxygens (including phenoxy) is 2. The first-order valence-corrected chi connectivity index (χ1v) is 9.75. The maximum absolute atomic E-state index is 12.8. The maximum atomic E-state index is 12.8. The molecule has 4 rings (SSSR count). The van der Waals surface area contributed by atoms with E-state index in [2.05, 4.69) is 4.72 Å². The molecule has 0 spiro atoms. The standard InChI is InChI=1S/C18H18N2O5S/c1-12(18(21)20-9-8-13-4-2-3-5-15(13)20)19-26(22,23)14-6-7-16-17(10-14)25-11-24-16/h2-7,10,12,19H,8-9,11H2,1H3/t12-/m0/s1. The van der Waals surface area contributed by atoms with Gasteiger partial charge < -0.3 is 14.4 Å². The van der Waals surface area contributed by atoms with E-state index in [1.807, 2.05) is 24.3 Å². The SMILES string of the molecule is C[C@H](NS(=O)(=O)c1ccc2c(c1)OCO2)C(=O)N1CCc2ccccc21. The molecule has 26 heavy (non-hydrogen) atoms.